The summed E-state index contributed by atoms with van der Waals surface area (Å²) in [6.45, 7) is 0. The molecule has 3 nitrogen and oxygen atoms in total. The molecule has 0 saturated carbocycles. The number of halogens is 4. The van der Waals surface area contributed by atoms with Gasteiger partial charge in [0.25, 0.3) is 0 Å². The lowest BCUT2D eigenvalue weighted by molar-refractivity contribution is -0.207. The minimum Gasteiger partial charge on any atom is -0.461 e. The van der Waals surface area contributed by atoms with Crippen LogP contribution >= 0.6 is 11.6 Å². The van der Waals surface area contributed by atoms with Crippen LogP contribution in [0.2, 0.25) is 5.02 Å². The largest absolute Gasteiger partial charge is 0.461 e. The van der Waals surface area contributed by atoms with Crippen LogP contribution in [0.5, 0.6) is 0 Å². The summed E-state index contributed by atoms with van der Waals surface area (Å²) in [6, 6.07) is 2.30. The van der Waals surface area contributed by atoms with Gasteiger partial charge in [-0.1, -0.05) is 11.6 Å². The molecule has 0 fully saturated rings. The molecule has 2 aromatic heterocycles. The highest BCUT2D eigenvalue weighted by Gasteiger charge is 2.40. The van der Waals surface area contributed by atoms with Crippen molar-refractivity contribution >= 4 is 22.7 Å². The molecule has 0 aliphatic rings. The van der Waals surface area contributed by atoms with Crippen LogP contribution in [0, 0.1) is 0 Å². The van der Waals surface area contributed by atoms with Crippen molar-refractivity contribution in [3.05, 3.63) is 29.1 Å². The number of furan rings is 1. The van der Waals surface area contributed by atoms with E-state index in [2.05, 4.69) is 4.98 Å². The lowest BCUT2D eigenvalue weighted by atomic mass is 10.2. The average Bonchev–Trinajstić information content (AvgIpc) is 2.63. The Labute approximate surface area is 92.5 Å². The number of fused-ring (bicyclic) bond motifs is 1. The number of aliphatic hydroxyl groups is 1. The zero-order valence-electron chi connectivity index (χ0n) is 7.62. The monoisotopic (exact) mass is 251 g/mol. The minimum absolute atomic E-state index is 0.0201. The normalized spacial score (nSPS) is 14.3. The van der Waals surface area contributed by atoms with Crippen LogP contribution in [-0.4, -0.2) is 16.3 Å². The Morgan fingerprint density at radius 3 is 2.75 bits per heavy atom. The Hall–Kier alpha value is -1.27. The third-order valence-electron chi connectivity index (χ3n) is 1.98. The second-order valence-electron chi connectivity index (χ2n) is 3.11. The molecule has 0 amide bonds. The SMILES string of the molecule is OC(c1cc(Cl)c2occc2n1)C(F)(F)F. The number of hydrogen-bond donors (Lipinski definition) is 1. The summed E-state index contributed by atoms with van der Waals surface area (Å²) >= 11 is 5.69. The molecule has 0 radical (unpaired) electrons. The van der Waals surface area contributed by atoms with Crippen LogP contribution in [-0.2, 0) is 0 Å². The molecule has 0 bridgehead atoms. The van der Waals surface area contributed by atoms with Crippen molar-refractivity contribution in [2.45, 2.75) is 12.3 Å². The maximum absolute atomic E-state index is 12.2. The Kier molecular flexibility index (Phi) is 2.55. The molecule has 0 aliphatic carbocycles. The van der Waals surface area contributed by atoms with Crippen LogP contribution in [0.3, 0.4) is 0 Å². The van der Waals surface area contributed by atoms with E-state index in [0.29, 0.717) is 0 Å². The van der Waals surface area contributed by atoms with Gasteiger partial charge < -0.3 is 9.52 Å². The Bertz CT molecular complexity index is 523. The van der Waals surface area contributed by atoms with Crippen LogP contribution < -0.4 is 0 Å². The molecular weight excluding hydrogens is 247 g/mol. The fourth-order valence-electron chi connectivity index (χ4n) is 1.24. The number of nitrogens with zero attached hydrogens (tertiary/aromatic N) is 1. The molecule has 2 rings (SSSR count). The van der Waals surface area contributed by atoms with Gasteiger partial charge in [-0.15, -0.1) is 0 Å². The first-order valence-electron chi connectivity index (χ1n) is 4.18. The van der Waals surface area contributed by atoms with E-state index in [1.807, 2.05) is 0 Å². The predicted octanol–water partition coefficient (Wildman–Crippen LogP) is 3.08. The summed E-state index contributed by atoms with van der Waals surface area (Å²) in [5.41, 5.74) is -0.183. The molecule has 86 valence electrons. The summed E-state index contributed by atoms with van der Waals surface area (Å²) < 4.78 is 41.6. The van der Waals surface area contributed by atoms with E-state index in [4.69, 9.17) is 21.1 Å². The number of aliphatic hydroxyl groups excluding tert-OH is 1. The number of hydrogen-bond acceptors (Lipinski definition) is 3. The quantitative estimate of drug-likeness (QED) is 0.847. The molecule has 0 aliphatic heterocycles. The van der Waals surface area contributed by atoms with E-state index in [1.165, 1.54) is 12.3 Å². The summed E-state index contributed by atoms with van der Waals surface area (Å²) in [7, 11) is 0. The molecule has 0 spiro atoms. The molecule has 0 aromatic carbocycles. The van der Waals surface area contributed by atoms with Crippen molar-refractivity contribution in [1.82, 2.24) is 4.98 Å². The second kappa shape index (κ2) is 3.64. The lowest BCUT2D eigenvalue weighted by Gasteiger charge is -2.13. The number of aromatic nitrogens is 1. The topological polar surface area (TPSA) is 46.3 Å². The standard InChI is InChI=1S/C9H5ClF3NO2/c10-4-3-6(8(15)9(11,12)13)14-5-1-2-16-7(4)5/h1-3,8,15H. The molecule has 2 heterocycles. The van der Waals surface area contributed by atoms with Crippen molar-refractivity contribution in [3.8, 4) is 0 Å². The molecular formula is C9H5ClF3NO2. The highest BCUT2D eigenvalue weighted by Crippen LogP contribution is 2.34. The third kappa shape index (κ3) is 1.85. The van der Waals surface area contributed by atoms with Crippen LogP contribution in [0.25, 0.3) is 11.1 Å². The molecule has 16 heavy (non-hydrogen) atoms. The van der Waals surface area contributed by atoms with Crippen LogP contribution in [0.4, 0.5) is 13.2 Å². The zero-order valence-corrected chi connectivity index (χ0v) is 8.38. The van der Waals surface area contributed by atoms with Gasteiger partial charge >= 0.3 is 6.18 Å². The van der Waals surface area contributed by atoms with E-state index >= 15 is 0 Å². The average molecular weight is 252 g/mol. The van der Waals surface area contributed by atoms with E-state index in [-0.39, 0.29) is 16.1 Å². The Balaban J connectivity index is 2.54. The fraction of sp³-hybridized carbons (Fsp3) is 0.222. The summed E-state index contributed by atoms with van der Waals surface area (Å²) in [5.74, 6) is 0. The van der Waals surface area contributed by atoms with Gasteiger partial charge in [-0.3, -0.25) is 0 Å². The number of alkyl halides is 3. The molecule has 2 aromatic rings. The van der Waals surface area contributed by atoms with Crippen LogP contribution in [0.15, 0.2) is 22.8 Å². The molecule has 1 unspecified atom stereocenters. The highest BCUT2D eigenvalue weighted by molar-refractivity contribution is 6.34. The lowest BCUT2D eigenvalue weighted by Crippen LogP contribution is -2.21. The Morgan fingerprint density at radius 1 is 1.44 bits per heavy atom. The van der Waals surface area contributed by atoms with E-state index in [0.717, 1.165) is 6.07 Å². The van der Waals surface area contributed by atoms with Gasteiger partial charge in [0.15, 0.2) is 11.7 Å². The smallest absolute Gasteiger partial charge is 0.420 e. The zero-order chi connectivity index (χ0) is 11.9. The molecule has 1 N–H and O–H groups in total. The molecule has 7 heteroatoms. The van der Waals surface area contributed by atoms with Gasteiger partial charge in [-0.25, -0.2) is 4.98 Å². The van der Waals surface area contributed by atoms with Gasteiger partial charge in [-0.05, 0) is 6.07 Å². The first kappa shape index (κ1) is 11.2. The van der Waals surface area contributed by atoms with Crippen LogP contribution in [0.1, 0.15) is 11.8 Å². The maximum Gasteiger partial charge on any atom is 0.420 e. The minimum atomic E-state index is -4.77. The van der Waals surface area contributed by atoms with Gasteiger partial charge in [0.2, 0.25) is 0 Å². The van der Waals surface area contributed by atoms with Crippen molar-refractivity contribution in [1.29, 1.82) is 0 Å². The third-order valence-corrected chi connectivity index (χ3v) is 2.26. The molecule has 0 saturated heterocycles. The highest BCUT2D eigenvalue weighted by atomic mass is 35.5. The van der Waals surface area contributed by atoms with Gasteiger partial charge in [-0.2, -0.15) is 13.2 Å². The van der Waals surface area contributed by atoms with E-state index < -0.39 is 18.0 Å². The van der Waals surface area contributed by atoms with Gasteiger partial charge in [0, 0.05) is 6.07 Å². The van der Waals surface area contributed by atoms with Crippen molar-refractivity contribution in [2.24, 2.45) is 0 Å². The number of pyridine rings is 1. The van der Waals surface area contributed by atoms with Crippen molar-refractivity contribution in [3.63, 3.8) is 0 Å². The first-order chi connectivity index (χ1) is 7.39. The summed E-state index contributed by atoms with van der Waals surface area (Å²) in [4.78, 5) is 3.61. The first-order valence-corrected chi connectivity index (χ1v) is 4.56. The van der Waals surface area contributed by atoms with E-state index in [9.17, 15) is 13.2 Å². The van der Waals surface area contributed by atoms with Gasteiger partial charge in [0.05, 0.1) is 17.0 Å². The fourth-order valence-corrected chi connectivity index (χ4v) is 1.50. The second-order valence-corrected chi connectivity index (χ2v) is 3.52. The van der Waals surface area contributed by atoms with E-state index in [1.54, 1.807) is 0 Å². The molecule has 1 atom stereocenters. The van der Waals surface area contributed by atoms with Crippen molar-refractivity contribution < 1.29 is 22.7 Å². The summed E-state index contributed by atoms with van der Waals surface area (Å²) in [6.07, 6.45) is -6.16. The Morgan fingerprint density at radius 2 is 2.12 bits per heavy atom. The van der Waals surface area contributed by atoms with Crippen molar-refractivity contribution in [2.75, 3.05) is 0 Å². The predicted molar refractivity (Wildman–Crippen MR) is 50.0 cm³/mol. The maximum atomic E-state index is 12.2. The summed E-state index contributed by atoms with van der Waals surface area (Å²) in [5, 5.41) is 8.98. The van der Waals surface area contributed by atoms with Gasteiger partial charge in [0.1, 0.15) is 5.52 Å². The number of rotatable bonds is 1.